The van der Waals surface area contributed by atoms with Crippen molar-refractivity contribution in [2.24, 2.45) is 5.73 Å². The Hall–Kier alpha value is -2.83. The van der Waals surface area contributed by atoms with Crippen LogP contribution in [0.1, 0.15) is 18.4 Å². The molecule has 2 rings (SSSR count). The average molecular weight is 337 g/mol. The predicted octanol–water partition coefficient (Wildman–Crippen LogP) is 2.81. The Bertz CT molecular complexity index is 823. The van der Waals surface area contributed by atoms with Crippen molar-refractivity contribution in [1.29, 1.82) is 0 Å². The Labute approximate surface area is 136 Å². The lowest BCUT2D eigenvalue weighted by atomic mass is 10.00. The molecule has 0 aliphatic carbocycles. The minimum Gasteiger partial charge on any atom is -0.473 e. The van der Waals surface area contributed by atoms with Gasteiger partial charge in [-0.25, -0.2) is 18.0 Å². The summed E-state index contributed by atoms with van der Waals surface area (Å²) in [5.41, 5.74) is 6.07. The van der Waals surface area contributed by atoms with E-state index in [9.17, 15) is 23.1 Å². The van der Waals surface area contributed by atoms with E-state index in [4.69, 9.17) is 5.73 Å². The number of nitrogens with zero attached hydrogens (tertiary/aromatic N) is 1. The SMILES string of the molecule is C=CC1=C(N)CCC=C(c2ccc(F)c(F)c2F)[N+](C)=C1C(=O)O. The van der Waals surface area contributed by atoms with Crippen LogP contribution >= 0.6 is 0 Å². The fourth-order valence-electron chi connectivity index (χ4n) is 2.59. The summed E-state index contributed by atoms with van der Waals surface area (Å²) in [4.78, 5) is 11.7. The second-order valence-electron chi connectivity index (χ2n) is 5.21. The van der Waals surface area contributed by atoms with Crippen molar-refractivity contribution in [2.45, 2.75) is 12.8 Å². The van der Waals surface area contributed by atoms with Crippen LogP contribution in [-0.4, -0.2) is 28.4 Å². The van der Waals surface area contributed by atoms with Gasteiger partial charge in [0.05, 0.1) is 11.1 Å². The first-order valence-corrected chi connectivity index (χ1v) is 7.09. The molecule has 24 heavy (non-hydrogen) atoms. The third-order valence-corrected chi connectivity index (χ3v) is 3.77. The van der Waals surface area contributed by atoms with E-state index < -0.39 is 23.4 Å². The quantitative estimate of drug-likeness (QED) is 0.658. The van der Waals surface area contributed by atoms with E-state index in [1.165, 1.54) is 23.8 Å². The van der Waals surface area contributed by atoms with E-state index in [2.05, 4.69) is 6.58 Å². The van der Waals surface area contributed by atoms with Crippen molar-refractivity contribution < 1.29 is 27.6 Å². The van der Waals surface area contributed by atoms with Crippen LogP contribution in [0.4, 0.5) is 13.2 Å². The standard InChI is InChI=1S/C17H15F3N2O2/c1-3-9-12(21)5-4-6-13(22(2)16(9)17(23)24)10-7-8-11(18)15(20)14(10)19/h3,6-8,21H,1,4-5H2,2H3,(H,23,24)/p+1. The molecule has 0 bridgehead atoms. The minimum absolute atomic E-state index is 0.107. The summed E-state index contributed by atoms with van der Waals surface area (Å²) in [5, 5.41) is 9.51. The molecule has 1 aliphatic heterocycles. The maximum atomic E-state index is 14.1. The molecule has 0 aromatic heterocycles. The summed E-state index contributed by atoms with van der Waals surface area (Å²) < 4.78 is 42.0. The molecule has 0 saturated heterocycles. The molecule has 3 N–H and O–H groups in total. The highest BCUT2D eigenvalue weighted by Gasteiger charge is 2.31. The molecule has 0 radical (unpaired) electrons. The summed E-state index contributed by atoms with van der Waals surface area (Å²) in [7, 11) is 1.39. The number of hydrogen-bond acceptors (Lipinski definition) is 2. The number of benzene rings is 1. The first-order valence-electron chi connectivity index (χ1n) is 7.09. The topological polar surface area (TPSA) is 66.3 Å². The van der Waals surface area contributed by atoms with Gasteiger partial charge in [0.15, 0.2) is 17.5 Å². The lowest BCUT2D eigenvalue weighted by Gasteiger charge is -2.13. The molecular formula is C17H16F3N2O2+. The van der Waals surface area contributed by atoms with E-state index in [0.717, 1.165) is 12.1 Å². The Kier molecular flexibility index (Phi) is 4.92. The van der Waals surface area contributed by atoms with E-state index >= 15 is 0 Å². The van der Waals surface area contributed by atoms with Gasteiger partial charge in [-0.05, 0) is 31.1 Å². The van der Waals surface area contributed by atoms with E-state index in [0.29, 0.717) is 18.5 Å². The number of carbonyl (C=O) groups is 1. The van der Waals surface area contributed by atoms with Gasteiger partial charge in [-0.3, -0.25) is 0 Å². The van der Waals surface area contributed by atoms with Gasteiger partial charge in [0.2, 0.25) is 5.70 Å². The van der Waals surface area contributed by atoms with E-state index in [1.54, 1.807) is 0 Å². The van der Waals surface area contributed by atoms with Crippen LogP contribution in [0.5, 0.6) is 0 Å². The third kappa shape index (κ3) is 2.97. The van der Waals surface area contributed by atoms with Crippen molar-refractivity contribution in [1.82, 2.24) is 0 Å². The Morgan fingerprint density at radius 1 is 1.33 bits per heavy atom. The van der Waals surface area contributed by atoms with Gasteiger partial charge in [0.25, 0.3) is 5.71 Å². The Balaban J connectivity index is 2.78. The van der Waals surface area contributed by atoms with Gasteiger partial charge < -0.3 is 10.8 Å². The molecule has 0 amide bonds. The number of carboxylic acids is 1. The number of nitrogens with two attached hydrogens (primary N) is 1. The highest BCUT2D eigenvalue weighted by atomic mass is 19.2. The van der Waals surface area contributed by atoms with Crippen molar-refractivity contribution in [3.63, 3.8) is 0 Å². The number of allylic oxidation sites excluding steroid dienone is 3. The molecule has 0 unspecified atom stereocenters. The molecule has 0 fully saturated rings. The van der Waals surface area contributed by atoms with Crippen LogP contribution in [-0.2, 0) is 4.79 Å². The van der Waals surface area contributed by atoms with Crippen LogP contribution in [0.3, 0.4) is 0 Å². The van der Waals surface area contributed by atoms with Crippen LogP contribution in [0.2, 0.25) is 0 Å². The molecule has 1 aliphatic rings. The Morgan fingerprint density at radius 2 is 2.00 bits per heavy atom. The summed E-state index contributed by atoms with van der Waals surface area (Å²) in [6.07, 6.45) is 3.53. The van der Waals surface area contributed by atoms with Gasteiger partial charge >= 0.3 is 5.97 Å². The molecule has 7 heteroatoms. The van der Waals surface area contributed by atoms with Gasteiger partial charge in [0.1, 0.15) is 7.05 Å². The third-order valence-electron chi connectivity index (χ3n) is 3.77. The molecule has 1 aromatic rings. The van der Waals surface area contributed by atoms with Gasteiger partial charge in [0, 0.05) is 5.70 Å². The lowest BCUT2D eigenvalue weighted by molar-refractivity contribution is -0.395. The molecule has 1 heterocycles. The molecule has 0 atom stereocenters. The molecule has 4 nitrogen and oxygen atoms in total. The number of rotatable bonds is 3. The molecule has 1 aromatic carbocycles. The number of hydrogen-bond donors (Lipinski definition) is 2. The van der Waals surface area contributed by atoms with Crippen LogP contribution in [0, 0.1) is 17.5 Å². The first-order chi connectivity index (χ1) is 11.3. The maximum Gasteiger partial charge on any atom is 0.401 e. The Morgan fingerprint density at radius 3 is 2.58 bits per heavy atom. The predicted molar refractivity (Wildman–Crippen MR) is 83.8 cm³/mol. The monoisotopic (exact) mass is 337 g/mol. The van der Waals surface area contributed by atoms with E-state index in [-0.39, 0.29) is 22.5 Å². The number of halogens is 3. The number of aliphatic carboxylic acids is 1. The fraction of sp³-hybridized carbons (Fsp3) is 0.176. The minimum atomic E-state index is -1.61. The zero-order valence-electron chi connectivity index (χ0n) is 12.9. The molecular weight excluding hydrogens is 321 g/mol. The van der Waals surface area contributed by atoms with Crippen molar-refractivity contribution in [3.05, 3.63) is 65.1 Å². The second kappa shape index (κ2) is 6.74. The maximum absolute atomic E-state index is 14.1. The molecule has 0 spiro atoms. The number of carboxylic acid groups (broad SMARTS) is 1. The molecule has 126 valence electrons. The highest BCUT2D eigenvalue weighted by molar-refractivity contribution is 6.41. The largest absolute Gasteiger partial charge is 0.473 e. The molecule has 0 saturated carbocycles. The summed E-state index contributed by atoms with van der Waals surface area (Å²) in [6, 6.07) is 1.86. The van der Waals surface area contributed by atoms with Crippen LogP contribution < -0.4 is 5.73 Å². The van der Waals surface area contributed by atoms with Gasteiger partial charge in [-0.1, -0.05) is 12.7 Å². The average Bonchev–Trinajstić information content (AvgIpc) is 2.53. The summed E-state index contributed by atoms with van der Waals surface area (Å²) in [5.74, 6) is -5.61. The lowest BCUT2D eigenvalue weighted by Crippen LogP contribution is -2.29. The second-order valence-corrected chi connectivity index (χ2v) is 5.21. The van der Waals surface area contributed by atoms with E-state index in [1.807, 2.05) is 0 Å². The van der Waals surface area contributed by atoms with Crippen molar-refractivity contribution in [2.75, 3.05) is 7.05 Å². The zero-order chi connectivity index (χ0) is 18.0. The first kappa shape index (κ1) is 17.5. The summed E-state index contributed by atoms with van der Waals surface area (Å²) in [6.45, 7) is 3.56. The highest BCUT2D eigenvalue weighted by Crippen LogP contribution is 2.26. The van der Waals surface area contributed by atoms with Crippen molar-refractivity contribution >= 4 is 17.4 Å². The fourth-order valence-corrected chi connectivity index (χ4v) is 2.59. The normalized spacial score (nSPS) is 15.8. The smallest absolute Gasteiger partial charge is 0.401 e. The van der Waals surface area contributed by atoms with Crippen LogP contribution in [0.25, 0.3) is 5.70 Å². The zero-order valence-corrected chi connectivity index (χ0v) is 12.9. The van der Waals surface area contributed by atoms with Gasteiger partial charge in [-0.15, -0.1) is 0 Å². The van der Waals surface area contributed by atoms with Gasteiger partial charge in [-0.2, -0.15) is 4.58 Å². The summed E-state index contributed by atoms with van der Waals surface area (Å²) >= 11 is 0. The van der Waals surface area contributed by atoms with Crippen molar-refractivity contribution in [3.8, 4) is 0 Å². The van der Waals surface area contributed by atoms with Crippen LogP contribution in [0.15, 0.2) is 42.1 Å².